The Morgan fingerprint density at radius 3 is 2.92 bits per heavy atom. The maximum Gasteiger partial charge on any atom is 0.401 e. The summed E-state index contributed by atoms with van der Waals surface area (Å²) in [6, 6.07) is 3.60. The van der Waals surface area contributed by atoms with Gasteiger partial charge in [-0.25, -0.2) is 9.71 Å². The zero-order chi connectivity index (χ0) is 9.42. The molecule has 4 nitrogen and oxygen atoms in total. The predicted molar refractivity (Wildman–Crippen MR) is 48.2 cm³/mol. The van der Waals surface area contributed by atoms with Crippen LogP contribution in [0.25, 0.3) is 11.0 Å². The molecule has 0 aliphatic carbocycles. The summed E-state index contributed by atoms with van der Waals surface area (Å²) in [5, 5.41) is 11.6. The summed E-state index contributed by atoms with van der Waals surface area (Å²) >= 11 is 5.54. The van der Waals surface area contributed by atoms with Crippen LogP contribution in [0, 0.1) is 12.1 Å². The highest BCUT2D eigenvalue weighted by Gasteiger charge is 2.08. The first-order chi connectivity index (χ1) is 6.16. The van der Waals surface area contributed by atoms with Gasteiger partial charge in [0.2, 0.25) is 0 Å². The minimum absolute atomic E-state index is 0.106. The number of aromatic nitrogens is 3. The number of pyridine rings is 1. The highest BCUT2D eigenvalue weighted by Crippen LogP contribution is 2.09. The molecule has 2 aromatic heterocycles. The Kier molecular flexibility index (Phi) is 1.77. The van der Waals surface area contributed by atoms with Gasteiger partial charge in [-0.3, -0.25) is 0 Å². The normalized spacial score (nSPS) is 10.6. The Bertz CT molecular complexity index is 472. The quantitative estimate of drug-likeness (QED) is 0.361. The van der Waals surface area contributed by atoms with Gasteiger partial charge in [-0.05, 0) is 24.0 Å². The zero-order valence-electron chi connectivity index (χ0n) is 6.86. The SMILES string of the molecule is Cc1ccc2c[n+]([O-])c(Cl)nc2n1. The Balaban J connectivity index is 2.81. The molecule has 0 N–H and O–H groups in total. The fraction of sp³-hybridized carbons (Fsp3) is 0.125. The van der Waals surface area contributed by atoms with E-state index >= 15 is 0 Å². The average Bonchev–Trinajstić information content (AvgIpc) is 2.08. The zero-order valence-corrected chi connectivity index (χ0v) is 7.62. The van der Waals surface area contributed by atoms with E-state index < -0.39 is 0 Å². The van der Waals surface area contributed by atoms with E-state index in [1.54, 1.807) is 6.07 Å². The molecule has 0 radical (unpaired) electrons. The third-order valence-corrected chi connectivity index (χ3v) is 1.93. The van der Waals surface area contributed by atoms with E-state index in [1.807, 2.05) is 13.0 Å². The van der Waals surface area contributed by atoms with Crippen LogP contribution in [0.3, 0.4) is 0 Å². The van der Waals surface area contributed by atoms with E-state index in [-0.39, 0.29) is 5.28 Å². The van der Waals surface area contributed by atoms with Crippen LogP contribution in [0.2, 0.25) is 5.28 Å². The molecule has 66 valence electrons. The molecule has 0 amide bonds. The number of rotatable bonds is 0. The van der Waals surface area contributed by atoms with Gasteiger partial charge in [0.1, 0.15) is 6.20 Å². The summed E-state index contributed by atoms with van der Waals surface area (Å²) in [4.78, 5) is 7.97. The van der Waals surface area contributed by atoms with E-state index in [1.165, 1.54) is 6.20 Å². The van der Waals surface area contributed by atoms with Crippen molar-refractivity contribution in [3.63, 3.8) is 0 Å². The molecule has 2 heterocycles. The van der Waals surface area contributed by atoms with Gasteiger partial charge < -0.3 is 5.21 Å². The molecule has 5 heteroatoms. The van der Waals surface area contributed by atoms with Crippen LogP contribution in [0.1, 0.15) is 5.69 Å². The van der Waals surface area contributed by atoms with Gasteiger partial charge in [0.15, 0.2) is 0 Å². The van der Waals surface area contributed by atoms with Gasteiger partial charge in [-0.1, -0.05) is 0 Å². The number of hydrogen-bond acceptors (Lipinski definition) is 3. The summed E-state index contributed by atoms with van der Waals surface area (Å²) in [5.41, 5.74) is 1.34. The summed E-state index contributed by atoms with van der Waals surface area (Å²) in [7, 11) is 0. The summed E-state index contributed by atoms with van der Waals surface area (Å²) < 4.78 is 0.515. The van der Waals surface area contributed by atoms with Gasteiger partial charge >= 0.3 is 5.28 Å². The molecule has 0 bridgehead atoms. The topological polar surface area (TPSA) is 52.7 Å². The molecule has 0 atom stereocenters. The van der Waals surface area contributed by atoms with Crippen LogP contribution in [-0.2, 0) is 0 Å². The number of aryl methyl sites for hydroxylation is 1. The molecule has 0 fully saturated rings. The maximum absolute atomic E-state index is 11.0. The monoisotopic (exact) mass is 195 g/mol. The van der Waals surface area contributed by atoms with E-state index in [2.05, 4.69) is 9.97 Å². The van der Waals surface area contributed by atoms with Gasteiger partial charge in [0, 0.05) is 17.3 Å². The molecule has 0 spiro atoms. The van der Waals surface area contributed by atoms with Crippen LogP contribution in [0.4, 0.5) is 0 Å². The van der Waals surface area contributed by atoms with E-state index in [4.69, 9.17) is 11.6 Å². The molecule has 0 saturated carbocycles. The van der Waals surface area contributed by atoms with Crippen molar-refractivity contribution >= 4 is 22.6 Å². The lowest BCUT2D eigenvalue weighted by Gasteiger charge is -2.01. The van der Waals surface area contributed by atoms with Crippen molar-refractivity contribution in [1.29, 1.82) is 0 Å². The van der Waals surface area contributed by atoms with Crippen molar-refractivity contribution in [1.82, 2.24) is 9.97 Å². The summed E-state index contributed by atoms with van der Waals surface area (Å²) in [5.74, 6) is 0. The van der Waals surface area contributed by atoms with Gasteiger partial charge in [-0.15, -0.1) is 0 Å². The van der Waals surface area contributed by atoms with E-state index in [0.29, 0.717) is 15.8 Å². The molecule has 2 aromatic rings. The maximum atomic E-state index is 11.0. The highest BCUT2D eigenvalue weighted by molar-refractivity contribution is 6.27. The molecule has 0 unspecified atom stereocenters. The van der Waals surface area contributed by atoms with Crippen LogP contribution >= 0.6 is 11.6 Å². The van der Waals surface area contributed by atoms with Crippen molar-refractivity contribution in [2.75, 3.05) is 0 Å². The van der Waals surface area contributed by atoms with Crippen molar-refractivity contribution < 1.29 is 4.73 Å². The number of hydrogen-bond donors (Lipinski definition) is 0. The number of halogens is 1. The van der Waals surface area contributed by atoms with Gasteiger partial charge in [0.25, 0.3) is 5.65 Å². The Hall–Kier alpha value is -1.42. The lowest BCUT2D eigenvalue weighted by atomic mass is 10.3. The van der Waals surface area contributed by atoms with Crippen LogP contribution in [0.15, 0.2) is 18.3 Å². The molecule has 2 rings (SSSR count). The van der Waals surface area contributed by atoms with Gasteiger partial charge in [0.05, 0.1) is 5.39 Å². The third kappa shape index (κ3) is 1.40. The lowest BCUT2D eigenvalue weighted by Crippen LogP contribution is -2.28. The Labute approximate surface area is 79.4 Å². The van der Waals surface area contributed by atoms with Gasteiger partial charge in [-0.2, -0.15) is 0 Å². The van der Waals surface area contributed by atoms with Crippen LogP contribution in [0.5, 0.6) is 0 Å². The number of fused-ring (bicyclic) bond motifs is 1. The molecule has 0 saturated heterocycles. The standard InChI is InChI=1S/C8H6ClN3O/c1-5-2-3-6-4-12(13)8(9)11-7(6)10-5/h2-4H,1H3. The largest absolute Gasteiger partial charge is 0.710 e. The second-order valence-electron chi connectivity index (χ2n) is 2.70. The number of nitrogens with zero attached hydrogens (tertiary/aromatic N) is 3. The third-order valence-electron chi connectivity index (χ3n) is 1.68. The van der Waals surface area contributed by atoms with E-state index in [0.717, 1.165) is 5.69 Å². The molecular weight excluding hydrogens is 190 g/mol. The first-order valence-electron chi connectivity index (χ1n) is 3.70. The first-order valence-corrected chi connectivity index (χ1v) is 4.08. The average molecular weight is 196 g/mol. The second-order valence-corrected chi connectivity index (χ2v) is 3.04. The fourth-order valence-electron chi connectivity index (χ4n) is 1.06. The Morgan fingerprint density at radius 2 is 2.15 bits per heavy atom. The molecule has 0 aromatic carbocycles. The van der Waals surface area contributed by atoms with Crippen molar-refractivity contribution in [3.8, 4) is 0 Å². The first kappa shape index (κ1) is 8.19. The minimum Gasteiger partial charge on any atom is -0.710 e. The lowest BCUT2D eigenvalue weighted by molar-refractivity contribution is -0.604. The summed E-state index contributed by atoms with van der Waals surface area (Å²) in [6.07, 6.45) is 1.36. The molecule has 0 aliphatic heterocycles. The van der Waals surface area contributed by atoms with E-state index in [9.17, 15) is 5.21 Å². The highest BCUT2D eigenvalue weighted by atomic mass is 35.5. The van der Waals surface area contributed by atoms with Crippen molar-refractivity contribution in [2.45, 2.75) is 6.92 Å². The van der Waals surface area contributed by atoms with Crippen molar-refractivity contribution in [2.24, 2.45) is 0 Å². The fourth-order valence-corrected chi connectivity index (χ4v) is 1.19. The van der Waals surface area contributed by atoms with Crippen LogP contribution < -0.4 is 4.73 Å². The smallest absolute Gasteiger partial charge is 0.401 e. The Morgan fingerprint density at radius 1 is 1.38 bits per heavy atom. The van der Waals surface area contributed by atoms with Crippen LogP contribution in [-0.4, -0.2) is 9.97 Å². The second kappa shape index (κ2) is 2.81. The summed E-state index contributed by atoms with van der Waals surface area (Å²) in [6.45, 7) is 1.85. The van der Waals surface area contributed by atoms with Crippen molar-refractivity contribution in [3.05, 3.63) is 34.5 Å². The predicted octanol–water partition coefficient (Wildman–Crippen LogP) is 1.23. The molecular formula is C8H6ClN3O. The molecule has 13 heavy (non-hydrogen) atoms. The molecule has 0 aliphatic rings. The minimum atomic E-state index is -0.106.